The lowest BCUT2D eigenvalue weighted by molar-refractivity contribution is 0.0942. The number of hydrogen-bond donors (Lipinski definition) is 1. The smallest absolute Gasteiger partial charge is 0.251 e. The number of halogens is 1. The van der Waals surface area contributed by atoms with Crippen LogP contribution in [0.5, 0.6) is 0 Å². The van der Waals surface area contributed by atoms with E-state index in [2.05, 4.69) is 33.1 Å². The van der Waals surface area contributed by atoms with Crippen LogP contribution in [0.1, 0.15) is 22.0 Å². The third-order valence-electron chi connectivity index (χ3n) is 4.47. The number of fused-ring (bicyclic) bond motifs is 1. The predicted molar refractivity (Wildman–Crippen MR) is 98.1 cm³/mol. The summed E-state index contributed by atoms with van der Waals surface area (Å²) in [7, 11) is 6.02. The third kappa shape index (κ3) is 3.56. The fourth-order valence-corrected chi connectivity index (χ4v) is 3.10. The van der Waals surface area contributed by atoms with Gasteiger partial charge in [0.25, 0.3) is 5.91 Å². The quantitative estimate of drug-likeness (QED) is 0.774. The molecule has 4 nitrogen and oxygen atoms in total. The molecule has 0 spiro atoms. The molecule has 0 saturated carbocycles. The number of likely N-dealkylation sites (N-methyl/N-ethyl adjacent to an activating group) is 1. The van der Waals surface area contributed by atoms with Crippen molar-refractivity contribution in [3.8, 4) is 0 Å². The summed E-state index contributed by atoms with van der Waals surface area (Å²) in [6, 6.07) is 13.8. The van der Waals surface area contributed by atoms with Crippen LogP contribution in [0.2, 0.25) is 0 Å². The Morgan fingerprint density at radius 1 is 1.16 bits per heavy atom. The van der Waals surface area contributed by atoms with Gasteiger partial charge in [-0.3, -0.25) is 4.79 Å². The number of carbonyl (C=O) groups is 1. The molecule has 0 radical (unpaired) electrons. The lowest BCUT2D eigenvalue weighted by Crippen LogP contribution is -2.34. The van der Waals surface area contributed by atoms with Gasteiger partial charge in [-0.15, -0.1) is 0 Å². The second-order valence-electron chi connectivity index (χ2n) is 6.41. The molecule has 5 heteroatoms. The minimum Gasteiger partial charge on any atom is -0.350 e. The van der Waals surface area contributed by atoms with Gasteiger partial charge >= 0.3 is 0 Å². The summed E-state index contributed by atoms with van der Waals surface area (Å²) < 4.78 is 15.1. The summed E-state index contributed by atoms with van der Waals surface area (Å²) in [5.74, 6) is -0.550. The van der Waals surface area contributed by atoms with Gasteiger partial charge in [0, 0.05) is 36.3 Å². The van der Waals surface area contributed by atoms with Crippen LogP contribution in [0.3, 0.4) is 0 Å². The van der Waals surface area contributed by atoms with Crippen molar-refractivity contribution in [2.45, 2.75) is 6.04 Å². The molecule has 0 saturated heterocycles. The summed E-state index contributed by atoms with van der Waals surface area (Å²) >= 11 is 0. The van der Waals surface area contributed by atoms with Crippen LogP contribution in [0.25, 0.3) is 10.9 Å². The van der Waals surface area contributed by atoms with Crippen molar-refractivity contribution >= 4 is 16.8 Å². The van der Waals surface area contributed by atoms with Gasteiger partial charge in [0.15, 0.2) is 0 Å². The van der Waals surface area contributed by atoms with Crippen molar-refractivity contribution in [3.05, 3.63) is 71.7 Å². The zero-order chi connectivity index (χ0) is 18.0. The number of nitrogens with one attached hydrogen (secondary N) is 1. The first kappa shape index (κ1) is 17.2. The third-order valence-corrected chi connectivity index (χ3v) is 4.47. The minimum atomic E-state index is -0.349. The van der Waals surface area contributed by atoms with Gasteiger partial charge in [0.05, 0.1) is 6.04 Å². The van der Waals surface area contributed by atoms with Crippen molar-refractivity contribution in [1.29, 1.82) is 0 Å². The summed E-state index contributed by atoms with van der Waals surface area (Å²) in [5, 5.41) is 4.14. The number of rotatable bonds is 5. The van der Waals surface area contributed by atoms with E-state index in [1.807, 2.05) is 33.3 Å². The number of benzene rings is 2. The molecule has 1 amide bonds. The van der Waals surface area contributed by atoms with Crippen LogP contribution in [-0.4, -0.2) is 36.0 Å². The van der Waals surface area contributed by atoms with Crippen LogP contribution >= 0.6 is 0 Å². The number of aryl methyl sites for hydroxylation is 1. The molecule has 3 rings (SSSR count). The van der Waals surface area contributed by atoms with E-state index in [0.717, 1.165) is 5.52 Å². The lowest BCUT2D eigenvalue weighted by Gasteiger charge is -2.24. The van der Waals surface area contributed by atoms with Crippen molar-refractivity contribution in [3.63, 3.8) is 0 Å². The number of carbonyl (C=O) groups excluding carboxylic acids is 1. The summed E-state index contributed by atoms with van der Waals surface area (Å²) in [6.07, 6.45) is 2.11. The Morgan fingerprint density at radius 2 is 1.84 bits per heavy atom. The highest BCUT2D eigenvalue weighted by Gasteiger charge is 2.20. The standard InChI is InChI=1S/C20H22FN3O/c1-23(2)19(12-22-20(25)14-8-10-15(21)11-9-14)17-13-24(3)18-7-5-4-6-16(17)18/h4-11,13,19H,12H2,1-3H3,(H,22,25). The molecule has 2 aromatic carbocycles. The van der Waals surface area contributed by atoms with Gasteiger partial charge in [0.2, 0.25) is 0 Å². The predicted octanol–water partition coefficient (Wildman–Crippen LogP) is 3.35. The molecule has 1 atom stereocenters. The molecular weight excluding hydrogens is 317 g/mol. The topological polar surface area (TPSA) is 37.3 Å². The number of nitrogens with zero attached hydrogens (tertiary/aromatic N) is 2. The molecule has 1 aromatic heterocycles. The van der Waals surface area contributed by atoms with Crippen molar-refractivity contribution in [1.82, 2.24) is 14.8 Å². The van der Waals surface area contributed by atoms with Crippen molar-refractivity contribution < 1.29 is 9.18 Å². The van der Waals surface area contributed by atoms with Gasteiger partial charge in [-0.05, 0) is 50.0 Å². The molecule has 3 aromatic rings. The molecule has 0 aliphatic carbocycles. The van der Waals surface area contributed by atoms with E-state index in [1.165, 1.54) is 35.2 Å². The molecule has 1 N–H and O–H groups in total. The molecule has 25 heavy (non-hydrogen) atoms. The lowest BCUT2D eigenvalue weighted by atomic mass is 10.0. The Bertz CT molecular complexity index is 884. The highest BCUT2D eigenvalue weighted by molar-refractivity contribution is 5.94. The number of amides is 1. The maximum Gasteiger partial charge on any atom is 0.251 e. The molecule has 1 heterocycles. The van der Waals surface area contributed by atoms with Crippen LogP contribution in [0.15, 0.2) is 54.7 Å². The Labute approximate surface area is 146 Å². The zero-order valence-corrected chi connectivity index (χ0v) is 14.7. The Kier molecular flexibility index (Phi) is 4.86. The van der Waals surface area contributed by atoms with E-state index in [4.69, 9.17) is 0 Å². The Balaban J connectivity index is 1.82. The van der Waals surface area contributed by atoms with Crippen LogP contribution in [-0.2, 0) is 7.05 Å². The van der Waals surface area contributed by atoms with Crippen LogP contribution in [0.4, 0.5) is 4.39 Å². The molecular formula is C20H22FN3O. The zero-order valence-electron chi connectivity index (χ0n) is 14.7. The molecule has 130 valence electrons. The van der Waals surface area contributed by atoms with E-state index in [9.17, 15) is 9.18 Å². The van der Waals surface area contributed by atoms with Gasteiger partial charge in [-0.25, -0.2) is 4.39 Å². The normalized spacial score (nSPS) is 12.5. The second-order valence-corrected chi connectivity index (χ2v) is 6.41. The van der Waals surface area contributed by atoms with Crippen LogP contribution in [0, 0.1) is 5.82 Å². The van der Waals surface area contributed by atoms with E-state index in [1.54, 1.807) is 0 Å². The van der Waals surface area contributed by atoms with Gasteiger partial charge in [-0.2, -0.15) is 0 Å². The first-order chi connectivity index (χ1) is 12.0. The maximum absolute atomic E-state index is 13.0. The highest BCUT2D eigenvalue weighted by atomic mass is 19.1. The molecule has 0 aliphatic heterocycles. The maximum atomic E-state index is 13.0. The summed E-state index contributed by atoms with van der Waals surface area (Å²) in [4.78, 5) is 14.4. The molecule has 0 fully saturated rings. The number of aromatic nitrogens is 1. The van der Waals surface area contributed by atoms with E-state index >= 15 is 0 Å². The van der Waals surface area contributed by atoms with E-state index < -0.39 is 0 Å². The highest BCUT2D eigenvalue weighted by Crippen LogP contribution is 2.28. The van der Waals surface area contributed by atoms with Gasteiger partial charge in [-0.1, -0.05) is 18.2 Å². The number of para-hydroxylation sites is 1. The minimum absolute atomic E-state index is 0.0375. The summed E-state index contributed by atoms with van der Waals surface area (Å²) in [5.41, 5.74) is 2.79. The van der Waals surface area contributed by atoms with E-state index in [-0.39, 0.29) is 17.8 Å². The largest absolute Gasteiger partial charge is 0.350 e. The monoisotopic (exact) mass is 339 g/mol. The molecule has 0 bridgehead atoms. The summed E-state index contributed by atoms with van der Waals surface area (Å²) in [6.45, 7) is 0.469. The van der Waals surface area contributed by atoms with Crippen LogP contribution < -0.4 is 5.32 Å². The van der Waals surface area contributed by atoms with Gasteiger partial charge in [0.1, 0.15) is 5.82 Å². The first-order valence-electron chi connectivity index (χ1n) is 8.21. The van der Waals surface area contributed by atoms with E-state index in [0.29, 0.717) is 12.1 Å². The van der Waals surface area contributed by atoms with Gasteiger partial charge < -0.3 is 14.8 Å². The average Bonchev–Trinajstić information content (AvgIpc) is 2.92. The van der Waals surface area contributed by atoms with Crippen molar-refractivity contribution in [2.75, 3.05) is 20.6 Å². The molecule has 1 unspecified atom stereocenters. The second kappa shape index (κ2) is 7.07. The fourth-order valence-electron chi connectivity index (χ4n) is 3.10. The number of hydrogen-bond acceptors (Lipinski definition) is 2. The molecule has 0 aliphatic rings. The first-order valence-corrected chi connectivity index (χ1v) is 8.21. The SMILES string of the molecule is CN(C)C(CNC(=O)c1ccc(F)cc1)c1cn(C)c2ccccc12. The average molecular weight is 339 g/mol. The Hall–Kier alpha value is -2.66. The Morgan fingerprint density at radius 3 is 2.52 bits per heavy atom. The fraction of sp³-hybridized carbons (Fsp3) is 0.250. The van der Waals surface area contributed by atoms with Crippen molar-refractivity contribution in [2.24, 2.45) is 7.05 Å².